The normalized spacial score (nSPS) is 49.9. The first-order valence-electron chi connectivity index (χ1n) is 46.1. The molecule has 12 heterocycles. The molecule has 0 aromatic heterocycles. The summed E-state index contributed by atoms with van der Waals surface area (Å²) in [6, 6.07) is -7.81. The van der Waals surface area contributed by atoms with Crippen molar-refractivity contribution in [2.45, 2.75) is 396 Å². The average molecular weight is 2110 g/mol. The predicted molar refractivity (Wildman–Crippen MR) is 440 cm³/mol. The van der Waals surface area contributed by atoms with Crippen LogP contribution in [0.1, 0.15) is 34.1 Å². The minimum atomic E-state index is -2.78. The van der Waals surface area contributed by atoms with Crippen molar-refractivity contribution < 1.29 is 297 Å². The van der Waals surface area contributed by atoms with Crippen molar-refractivity contribution in [1.82, 2.24) is 21.3 Å². The molecule has 12 saturated heterocycles. The molecule has 64 nitrogen and oxygen atoms in total. The van der Waals surface area contributed by atoms with E-state index in [-0.39, 0.29) is 0 Å². The molecule has 37 N–H and O–H groups in total. The van der Waals surface area contributed by atoms with Crippen molar-refractivity contribution >= 4 is 23.6 Å². The number of amides is 4. The van der Waals surface area contributed by atoms with Crippen LogP contribution >= 0.6 is 0 Å². The lowest BCUT2D eigenvalue weighted by Gasteiger charge is -2.52. The fourth-order valence-electron chi connectivity index (χ4n) is 18.8. The van der Waals surface area contributed by atoms with Crippen LogP contribution in [0.4, 0.5) is 0 Å². The van der Waals surface area contributed by atoms with Gasteiger partial charge < -0.3 is 299 Å². The van der Waals surface area contributed by atoms with E-state index >= 15 is 0 Å². The highest BCUT2D eigenvalue weighted by atomic mass is 16.8. The molecular formula is C80H134N4O60. The van der Waals surface area contributed by atoms with Crippen LogP contribution in [-0.4, -0.2) is 634 Å². The first kappa shape index (κ1) is 118. The Morgan fingerprint density at radius 2 is 0.431 bits per heavy atom. The Kier molecular flexibility index (Phi) is 42.8. The maximum atomic E-state index is 13.2. The summed E-state index contributed by atoms with van der Waals surface area (Å²) < 4.78 is 138. The lowest BCUT2D eigenvalue weighted by molar-refractivity contribution is -0.411. The SMILES string of the molecule is CC(=O)N[C@H]1[C@H](O[C@@H]2[C@@H](OC[C@H]3O[C@@H](O[C@H]4[C@H](O)[C@@H](NC(C)=O)[C@H](O[C@H]5[C@H](O)C[C@H](O)O[C@@H]5CO)O[C@@H]4CO)[C@@H](O)[C@@H](O[C@H]4O[C@H](CO)[C@@H](O[C@@H]5O[C@H](CO)[C@@H](O[C@H]6O[C@H](CO)[C@H](O)[C@H](O)[C@H]6O)[C@H](O)[C@H]5NC(C)=O)[C@H](O)[C@@H]4O[C@@H]4O[C@H](CO)[C@@H](O[C@@H]5O[C@H](CO)[C@H](O)[C@H](O)[C@H]5O)[C@H](O)[C@@H]4O)[C@@H]3O)O[C@H](CO[C@@H]3O[C@H](CO)[C@@H](O)[C@H](O)[C@H]3NC(C)=O)[C@@H](O)[C@@H]2O)O[C@H](CO)[C@@H](O[C@H]2O[C@H](CO)[C@@H](O)[C@H](O)[C@@H]2O)[C@@H]1O. The van der Waals surface area contributed by atoms with Gasteiger partial charge in [-0.3, -0.25) is 19.2 Å². The fourth-order valence-corrected chi connectivity index (χ4v) is 18.8. The predicted octanol–water partition coefficient (Wildman–Crippen LogP) is -25.6. The first-order valence-corrected chi connectivity index (χ1v) is 46.1. The van der Waals surface area contributed by atoms with Crippen molar-refractivity contribution in [3.05, 3.63) is 0 Å². The van der Waals surface area contributed by atoms with Gasteiger partial charge in [0.25, 0.3) is 0 Å². The van der Waals surface area contributed by atoms with Gasteiger partial charge in [-0.25, -0.2) is 0 Å². The van der Waals surface area contributed by atoms with E-state index in [1.165, 1.54) is 0 Å². The van der Waals surface area contributed by atoms with E-state index in [0.29, 0.717) is 0 Å². The molecule has 0 unspecified atom stereocenters. The van der Waals surface area contributed by atoms with Crippen molar-refractivity contribution in [2.75, 3.05) is 79.3 Å². The summed E-state index contributed by atoms with van der Waals surface area (Å²) in [5.74, 6) is -3.90. The highest BCUT2D eigenvalue weighted by Crippen LogP contribution is 2.43. The van der Waals surface area contributed by atoms with E-state index < -0.39 is 471 Å². The lowest BCUT2D eigenvalue weighted by Crippen LogP contribution is -2.71. The van der Waals surface area contributed by atoms with Crippen LogP contribution in [0.3, 0.4) is 0 Å². The Bertz CT molecular complexity index is 3950. The molecule has 0 aromatic carbocycles. The maximum Gasteiger partial charge on any atom is 0.217 e. The number of rotatable bonds is 38. The van der Waals surface area contributed by atoms with E-state index in [2.05, 4.69) is 21.3 Å². The van der Waals surface area contributed by atoms with Gasteiger partial charge in [0.15, 0.2) is 75.5 Å². The zero-order valence-corrected chi connectivity index (χ0v) is 77.0. The first-order chi connectivity index (χ1) is 68.2. The third-order valence-corrected chi connectivity index (χ3v) is 26.5. The standard InChI is InChI=1S/C80H134N4O60/c1-18(95)81-36-46(107)40(101)23(6-85)125-70(36)122-16-33-44(105)53(114)68(143-73-39(84-21(4)98)49(110)63(29(12-91)131-73)139-75-56(117)51(112)42(103)25(8-87)127-75)79(135-33)123-17-34-45(106)67(60(121)78(134-34)140-64-30(13-92)129-71(37(47(64)108)82-19(2)96)136-61-22(99)5-35(100)124-27(61)10-89)142-80-69(144-77-58(119)54(115)65(31(14-93)132-77)141-76-57(118)52(113)43(104)26(9-88)128-76)59(120)66(32(15-94)133-80)137-72-38(83-20(3)97)48(109)62(28(11-90)130-72)138-74-55(116)50(111)41(102)24(7-86)126-74/h22-80,85-94,99-121H,5-17H2,1-4H3,(H,81,95)(H,82,96)(H,83,97)(H,84,98)/t22-,23-,24-,25-,26-,27-,28-,29-,30-,31-,32-,33-,34-,35-,36-,37-,38-,39-,40-,41+,42-,43+,44-,45-,46-,47-,48-,49-,50+,51+,52+,53+,54-,55-,56+,57-,58+,59+,60+,61+,62-,63-,64-,65-,66-,67+,68+,69+,70-,71+,72+,73+,74-,75-,76+,77+,78+,79+,80-/m1/s1. The molecule has 834 valence electrons. The Labute approximate surface area is 814 Å². The van der Waals surface area contributed by atoms with Gasteiger partial charge in [0, 0.05) is 34.1 Å². The van der Waals surface area contributed by atoms with Crippen molar-refractivity contribution in [1.29, 1.82) is 0 Å². The largest absolute Gasteiger partial charge is 0.394 e. The average Bonchev–Trinajstić information content (AvgIpc) is 0.758. The van der Waals surface area contributed by atoms with Gasteiger partial charge in [-0.15, -0.1) is 0 Å². The van der Waals surface area contributed by atoms with Gasteiger partial charge in [0.1, 0.15) is 281 Å². The molecule has 0 radical (unpaired) electrons. The number of hydrogen-bond acceptors (Lipinski definition) is 60. The van der Waals surface area contributed by atoms with Gasteiger partial charge in [0.2, 0.25) is 23.6 Å². The highest BCUT2D eigenvalue weighted by molar-refractivity contribution is 5.74. The maximum absolute atomic E-state index is 13.2. The highest BCUT2D eigenvalue weighted by Gasteiger charge is 2.64. The Hall–Kier alpha value is -4.36. The molecule has 12 aliphatic rings. The summed E-state index contributed by atoms with van der Waals surface area (Å²) in [7, 11) is 0. The summed E-state index contributed by atoms with van der Waals surface area (Å²) in [5.41, 5.74) is 0. The molecule has 59 atom stereocenters. The van der Waals surface area contributed by atoms with Crippen LogP contribution in [0.25, 0.3) is 0 Å². The molecule has 144 heavy (non-hydrogen) atoms. The monoisotopic (exact) mass is 2110 g/mol. The van der Waals surface area contributed by atoms with Crippen molar-refractivity contribution in [3.63, 3.8) is 0 Å². The molecule has 0 saturated carbocycles. The number of aliphatic hydroxyl groups is 33. The Balaban J connectivity index is 0.935. The van der Waals surface area contributed by atoms with Gasteiger partial charge in [0.05, 0.1) is 85.4 Å². The number of aliphatic hydroxyl groups excluding tert-OH is 33. The van der Waals surface area contributed by atoms with E-state index in [1.54, 1.807) is 0 Å². The molecule has 0 aromatic rings. The van der Waals surface area contributed by atoms with E-state index in [4.69, 9.17) is 109 Å². The third-order valence-electron chi connectivity index (χ3n) is 26.5. The van der Waals surface area contributed by atoms with Gasteiger partial charge in [-0.05, 0) is 0 Å². The zero-order chi connectivity index (χ0) is 106. The van der Waals surface area contributed by atoms with Crippen LogP contribution in [-0.2, 0) is 128 Å². The van der Waals surface area contributed by atoms with Crippen molar-refractivity contribution in [3.8, 4) is 0 Å². The van der Waals surface area contributed by atoms with E-state index in [0.717, 1.165) is 27.7 Å². The van der Waals surface area contributed by atoms with E-state index in [9.17, 15) is 188 Å². The summed E-state index contributed by atoms with van der Waals surface area (Å²) in [6.07, 6.45) is -121. The van der Waals surface area contributed by atoms with Gasteiger partial charge >= 0.3 is 0 Å². The topological polar surface area (TPSA) is 996 Å². The Morgan fingerprint density at radius 1 is 0.201 bits per heavy atom. The van der Waals surface area contributed by atoms with Crippen LogP contribution in [0, 0.1) is 0 Å². The van der Waals surface area contributed by atoms with Crippen LogP contribution in [0.15, 0.2) is 0 Å². The van der Waals surface area contributed by atoms with Crippen molar-refractivity contribution in [2.24, 2.45) is 0 Å². The summed E-state index contributed by atoms with van der Waals surface area (Å²) >= 11 is 0. The molecule has 12 aliphatic heterocycles. The molecule has 12 fully saturated rings. The molecule has 0 bridgehead atoms. The molecule has 4 amide bonds. The minimum Gasteiger partial charge on any atom is -0.394 e. The number of nitrogens with one attached hydrogen (secondary N) is 4. The minimum absolute atomic E-state index is 0.569. The fraction of sp³-hybridized carbons (Fsp3) is 0.950. The summed E-state index contributed by atoms with van der Waals surface area (Å²) in [5, 5.41) is 382. The zero-order valence-electron chi connectivity index (χ0n) is 77.0. The number of carbonyl (C=O) groups excluding carboxylic acids is 4. The molecule has 12 rings (SSSR count). The van der Waals surface area contributed by atoms with Gasteiger partial charge in [-0.1, -0.05) is 0 Å². The smallest absolute Gasteiger partial charge is 0.217 e. The molecule has 64 heteroatoms. The quantitative estimate of drug-likeness (QED) is 0.0273. The second-order valence-corrected chi connectivity index (χ2v) is 36.5. The van der Waals surface area contributed by atoms with Crippen LogP contribution < -0.4 is 21.3 Å². The molecule has 0 aliphatic carbocycles. The number of hydrogen-bond donors (Lipinski definition) is 37. The van der Waals surface area contributed by atoms with Crippen LogP contribution in [0.5, 0.6) is 0 Å². The number of carbonyl (C=O) groups is 4. The number of ether oxygens (including phenoxy) is 23. The van der Waals surface area contributed by atoms with Crippen LogP contribution in [0.2, 0.25) is 0 Å². The summed E-state index contributed by atoms with van der Waals surface area (Å²) in [6.45, 7) is -10.3. The molecule has 0 spiro atoms. The second kappa shape index (κ2) is 52.0. The lowest BCUT2D eigenvalue weighted by atomic mass is 9.93. The summed E-state index contributed by atoms with van der Waals surface area (Å²) in [4.78, 5) is 52.3. The second-order valence-electron chi connectivity index (χ2n) is 36.5. The third kappa shape index (κ3) is 26.1. The Morgan fingerprint density at radius 3 is 0.806 bits per heavy atom. The molecular weight excluding hydrogens is 1980 g/mol. The van der Waals surface area contributed by atoms with E-state index in [1.807, 2.05) is 0 Å². The van der Waals surface area contributed by atoms with Gasteiger partial charge in [-0.2, -0.15) is 0 Å².